The molecule has 0 heterocycles. The second-order valence-corrected chi connectivity index (χ2v) is 5.41. The van der Waals surface area contributed by atoms with Crippen LogP contribution < -0.4 is 5.43 Å². The van der Waals surface area contributed by atoms with Crippen LogP contribution in [0.2, 0.25) is 0 Å². The molecule has 0 fully saturated rings. The highest BCUT2D eigenvalue weighted by Gasteiger charge is 2.14. The van der Waals surface area contributed by atoms with Crippen LogP contribution in [0.1, 0.15) is 63.0 Å². The Morgan fingerprint density at radius 1 is 1.20 bits per heavy atom. The smallest absolute Gasteiger partial charge is 0.240 e. The van der Waals surface area contributed by atoms with Crippen LogP contribution in [0.5, 0.6) is 0 Å². The van der Waals surface area contributed by atoms with Crippen LogP contribution in [0.3, 0.4) is 0 Å². The van der Waals surface area contributed by atoms with Crippen molar-refractivity contribution in [1.82, 2.24) is 5.43 Å². The summed E-state index contributed by atoms with van der Waals surface area (Å²) in [5.74, 6) is 0.0386. The number of nitrogens with zero attached hydrogens (tertiary/aromatic N) is 1. The summed E-state index contributed by atoms with van der Waals surface area (Å²) in [7, 11) is 0. The van der Waals surface area contributed by atoms with E-state index in [1.807, 2.05) is 6.07 Å². The molecule has 0 saturated carbocycles. The molecule has 1 aliphatic rings. The van der Waals surface area contributed by atoms with E-state index in [4.69, 9.17) is 0 Å². The molecule has 0 atom stereocenters. The topological polar surface area (TPSA) is 41.5 Å². The summed E-state index contributed by atoms with van der Waals surface area (Å²) in [6, 6.07) is 8.34. The maximum Gasteiger partial charge on any atom is 0.240 e. The number of hydrogen-bond acceptors (Lipinski definition) is 2. The number of fused-ring (bicyclic) bond motifs is 1. The van der Waals surface area contributed by atoms with Crippen molar-refractivity contribution in [2.45, 2.75) is 58.3 Å². The van der Waals surface area contributed by atoms with E-state index in [9.17, 15) is 4.79 Å². The number of hydrogen-bond donors (Lipinski definition) is 1. The third-order valence-electron chi connectivity index (χ3n) is 3.76. The van der Waals surface area contributed by atoms with Gasteiger partial charge in [-0.1, -0.05) is 50.5 Å². The lowest BCUT2D eigenvalue weighted by Crippen LogP contribution is -2.21. The highest BCUT2D eigenvalue weighted by molar-refractivity contribution is 6.03. The van der Waals surface area contributed by atoms with E-state index in [0.29, 0.717) is 6.42 Å². The molecule has 1 aromatic rings. The van der Waals surface area contributed by atoms with Crippen LogP contribution in [-0.2, 0) is 11.2 Å². The average molecular weight is 272 g/mol. The molecule has 1 N–H and O–H groups in total. The first-order valence-electron chi connectivity index (χ1n) is 7.75. The minimum Gasteiger partial charge on any atom is -0.273 e. The molecule has 3 nitrogen and oxygen atoms in total. The molecule has 0 spiro atoms. The van der Waals surface area contributed by atoms with Gasteiger partial charge in [-0.15, -0.1) is 0 Å². The first-order chi connectivity index (χ1) is 9.81. The Morgan fingerprint density at radius 2 is 2.05 bits per heavy atom. The van der Waals surface area contributed by atoms with Gasteiger partial charge in [0.05, 0.1) is 5.71 Å². The molecule has 108 valence electrons. The molecule has 0 unspecified atom stereocenters. The molecule has 20 heavy (non-hydrogen) atoms. The van der Waals surface area contributed by atoms with Crippen LogP contribution in [0.4, 0.5) is 0 Å². The highest BCUT2D eigenvalue weighted by atomic mass is 16.2. The summed E-state index contributed by atoms with van der Waals surface area (Å²) in [5, 5.41) is 4.34. The molecule has 1 aromatic carbocycles. The minimum atomic E-state index is 0.0386. The average Bonchev–Trinajstić information content (AvgIpc) is 2.49. The van der Waals surface area contributed by atoms with Crippen LogP contribution in [0, 0.1) is 0 Å². The molecule has 0 aromatic heterocycles. The number of benzene rings is 1. The van der Waals surface area contributed by atoms with Crippen molar-refractivity contribution in [2.75, 3.05) is 0 Å². The zero-order chi connectivity index (χ0) is 14.2. The normalized spacial score (nSPS) is 15.9. The van der Waals surface area contributed by atoms with Crippen molar-refractivity contribution in [2.24, 2.45) is 5.10 Å². The van der Waals surface area contributed by atoms with E-state index in [0.717, 1.165) is 37.8 Å². The van der Waals surface area contributed by atoms with E-state index < -0.39 is 0 Å². The monoisotopic (exact) mass is 272 g/mol. The SMILES string of the molecule is CCCCCCC(=O)N/N=C1/CCCc2ccccc21. The largest absolute Gasteiger partial charge is 0.273 e. The fourth-order valence-corrected chi connectivity index (χ4v) is 2.61. The molecule has 0 bridgehead atoms. The Labute approximate surface area is 121 Å². The second-order valence-electron chi connectivity index (χ2n) is 5.41. The molecule has 2 rings (SSSR count). The summed E-state index contributed by atoms with van der Waals surface area (Å²) in [5.41, 5.74) is 6.28. The van der Waals surface area contributed by atoms with Crippen LogP contribution in [-0.4, -0.2) is 11.6 Å². The maximum absolute atomic E-state index is 11.7. The number of carbonyl (C=O) groups is 1. The van der Waals surface area contributed by atoms with Gasteiger partial charge in [-0.05, 0) is 31.2 Å². The Kier molecular flexibility index (Phi) is 5.78. The molecule has 0 radical (unpaired) electrons. The van der Waals surface area contributed by atoms with Crippen molar-refractivity contribution in [1.29, 1.82) is 0 Å². The van der Waals surface area contributed by atoms with Crippen molar-refractivity contribution in [3.8, 4) is 0 Å². The maximum atomic E-state index is 11.7. The Bertz CT molecular complexity index is 480. The van der Waals surface area contributed by atoms with Crippen molar-refractivity contribution in [3.05, 3.63) is 35.4 Å². The van der Waals surface area contributed by atoms with E-state index in [1.54, 1.807) is 0 Å². The first-order valence-corrected chi connectivity index (χ1v) is 7.75. The minimum absolute atomic E-state index is 0.0386. The lowest BCUT2D eigenvalue weighted by atomic mass is 9.90. The summed E-state index contributed by atoms with van der Waals surface area (Å²) in [6.45, 7) is 2.17. The van der Waals surface area contributed by atoms with Gasteiger partial charge in [0.1, 0.15) is 0 Å². The van der Waals surface area contributed by atoms with Gasteiger partial charge in [-0.3, -0.25) is 4.79 Å². The van der Waals surface area contributed by atoms with Gasteiger partial charge in [-0.2, -0.15) is 5.10 Å². The molecule has 0 aliphatic heterocycles. The highest BCUT2D eigenvalue weighted by Crippen LogP contribution is 2.21. The van der Waals surface area contributed by atoms with Crippen molar-refractivity contribution in [3.63, 3.8) is 0 Å². The lowest BCUT2D eigenvalue weighted by molar-refractivity contribution is -0.121. The summed E-state index contributed by atoms with van der Waals surface area (Å²) < 4.78 is 0. The molecule has 1 aliphatic carbocycles. The number of amides is 1. The Hall–Kier alpha value is -1.64. The van der Waals surface area contributed by atoms with Gasteiger partial charge in [0.15, 0.2) is 0 Å². The van der Waals surface area contributed by atoms with Crippen LogP contribution >= 0.6 is 0 Å². The zero-order valence-electron chi connectivity index (χ0n) is 12.3. The van der Waals surface area contributed by atoms with Gasteiger partial charge in [0.2, 0.25) is 5.91 Å². The quantitative estimate of drug-likeness (QED) is 0.621. The lowest BCUT2D eigenvalue weighted by Gasteiger charge is -2.17. The van der Waals surface area contributed by atoms with E-state index in [-0.39, 0.29) is 5.91 Å². The molecule has 1 amide bonds. The fourth-order valence-electron chi connectivity index (χ4n) is 2.61. The summed E-state index contributed by atoms with van der Waals surface area (Å²) in [4.78, 5) is 11.7. The predicted molar refractivity (Wildman–Crippen MR) is 82.8 cm³/mol. The molecule has 3 heteroatoms. The third-order valence-corrected chi connectivity index (χ3v) is 3.76. The van der Waals surface area contributed by atoms with Crippen molar-refractivity contribution >= 4 is 11.6 Å². The van der Waals surface area contributed by atoms with Gasteiger partial charge in [0, 0.05) is 12.0 Å². The summed E-state index contributed by atoms with van der Waals surface area (Å²) >= 11 is 0. The van der Waals surface area contributed by atoms with Crippen molar-refractivity contribution < 1.29 is 4.79 Å². The number of hydrazone groups is 1. The number of carbonyl (C=O) groups excluding carboxylic acids is 1. The van der Waals surface area contributed by atoms with Gasteiger partial charge >= 0.3 is 0 Å². The molecule has 0 saturated heterocycles. The van der Waals surface area contributed by atoms with Crippen LogP contribution in [0.15, 0.2) is 29.4 Å². The molecular weight excluding hydrogens is 248 g/mol. The van der Waals surface area contributed by atoms with Crippen LogP contribution in [0.25, 0.3) is 0 Å². The summed E-state index contributed by atoms with van der Waals surface area (Å²) in [6.07, 6.45) is 8.24. The number of unbranched alkanes of at least 4 members (excludes halogenated alkanes) is 3. The van der Waals surface area contributed by atoms with Gasteiger partial charge in [0.25, 0.3) is 0 Å². The Morgan fingerprint density at radius 3 is 2.90 bits per heavy atom. The zero-order valence-corrected chi connectivity index (χ0v) is 12.3. The first kappa shape index (κ1) is 14.8. The number of rotatable bonds is 6. The van der Waals surface area contributed by atoms with Gasteiger partial charge < -0.3 is 0 Å². The second kappa shape index (κ2) is 7.83. The molecular formula is C17H24N2O. The van der Waals surface area contributed by atoms with E-state index in [2.05, 4.69) is 35.7 Å². The number of aryl methyl sites for hydroxylation is 1. The standard InChI is InChI=1S/C17H24N2O/c1-2-3-4-5-13-17(20)19-18-16-12-8-10-14-9-6-7-11-15(14)16/h6-7,9,11H,2-5,8,10,12-13H2,1H3,(H,19,20)/b18-16-. The third kappa shape index (κ3) is 4.19. The fraction of sp³-hybridized carbons (Fsp3) is 0.529. The van der Waals surface area contributed by atoms with E-state index in [1.165, 1.54) is 24.0 Å². The predicted octanol–water partition coefficient (Wildman–Crippen LogP) is 3.81. The number of nitrogens with one attached hydrogen (secondary N) is 1. The van der Waals surface area contributed by atoms with Gasteiger partial charge in [-0.25, -0.2) is 5.43 Å². The Balaban J connectivity index is 1.87. The van der Waals surface area contributed by atoms with E-state index >= 15 is 0 Å².